The van der Waals surface area contributed by atoms with Crippen LogP contribution in [0.3, 0.4) is 0 Å². The average Bonchev–Trinajstić information content (AvgIpc) is 2.46. The number of carbonyl (C=O) groups excluding carboxylic acids is 2. The summed E-state index contributed by atoms with van der Waals surface area (Å²) in [6.07, 6.45) is 4.24. The summed E-state index contributed by atoms with van der Waals surface area (Å²) in [6.45, 7) is 8.98. The molecule has 0 unspecified atom stereocenters. The van der Waals surface area contributed by atoms with Gasteiger partial charge in [-0.1, -0.05) is 0 Å². The van der Waals surface area contributed by atoms with Crippen molar-refractivity contribution in [3.05, 3.63) is 0 Å². The second-order valence-corrected chi connectivity index (χ2v) is 7.72. The Hall–Kier alpha value is -1.30. The summed E-state index contributed by atoms with van der Waals surface area (Å²) >= 11 is 0. The minimum atomic E-state index is -0.497. The van der Waals surface area contributed by atoms with E-state index in [4.69, 9.17) is 4.74 Å². The first-order valence-corrected chi connectivity index (χ1v) is 8.81. The minimum Gasteiger partial charge on any atom is -0.444 e. The van der Waals surface area contributed by atoms with Gasteiger partial charge in [-0.3, -0.25) is 4.79 Å². The third kappa shape index (κ3) is 6.37. The SMILES string of the molecule is CC(C)(C)OC(=O)N[C@H]1CCCN(C(=O)CC2CCNCC2)C1. The second-order valence-electron chi connectivity index (χ2n) is 7.72. The molecular weight excluding hydrogens is 294 g/mol. The monoisotopic (exact) mass is 325 g/mol. The van der Waals surface area contributed by atoms with Gasteiger partial charge in [-0.25, -0.2) is 4.79 Å². The summed E-state index contributed by atoms with van der Waals surface area (Å²) in [5.41, 5.74) is -0.497. The summed E-state index contributed by atoms with van der Waals surface area (Å²) in [6, 6.07) is -0.00410. The van der Waals surface area contributed by atoms with Crippen LogP contribution >= 0.6 is 0 Å². The molecule has 2 N–H and O–H groups in total. The number of nitrogens with one attached hydrogen (secondary N) is 2. The van der Waals surface area contributed by atoms with Gasteiger partial charge in [0.1, 0.15) is 5.60 Å². The maximum Gasteiger partial charge on any atom is 0.407 e. The molecule has 2 rings (SSSR count). The molecule has 2 saturated heterocycles. The van der Waals surface area contributed by atoms with E-state index in [0.717, 1.165) is 45.3 Å². The Morgan fingerprint density at radius 1 is 1.22 bits per heavy atom. The van der Waals surface area contributed by atoms with Crippen molar-refractivity contribution in [3.8, 4) is 0 Å². The molecular formula is C17H31N3O3. The summed E-state index contributed by atoms with van der Waals surface area (Å²) in [4.78, 5) is 26.3. The van der Waals surface area contributed by atoms with Gasteiger partial charge in [0.2, 0.25) is 5.91 Å². The van der Waals surface area contributed by atoms with Crippen molar-refractivity contribution in [2.24, 2.45) is 5.92 Å². The standard InChI is InChI=1S/C17H31N3O3/c1-17(2,3)23-16(22)19-14-5-4-10-20(12-14)15(21)11-13-6-8-18-9-7-13/h13-14,18H,4-12H2,1-3H3,(H,19,22)/t14-/m0/s1. The van der Waals surface area contributed by atoms with Crippen molar-refractivity contribution < 1.29 is 14.3 Å². The van der Waals surface area contributed by atoms with Crippen molar-refractivity contribution in [1.29, 1.82) is 0 Å². The Balaban J connectivity index is 1.78. The Bertz CT molecular complexity index is 414. The fourth-order valence-corrected chi connectivity index (χ4v) is 3.26. The van der Waals surface area contributed by atoms with E-state index in [9.17, 15) is 9.59 Å². The van der Waals surface area contributed by atoms with E-state index in [0.29, 0.717) is 18.9 Å². The van der Waals surface area contributed by atoms with Gasteiger partial charge in [0.25, 0.3) is 0 Å². The largest absolute Gasteiger partial charge is 0.444 e. The number of carbonyl (C=O) groups is 2. The molecule has 0 saturated carbocycles. The molecule has 2 aliphatic heterocycles. The molecule has 0 radical (unpaired) electrons. The Morgan fingerprint density at radius 3 is 2.57 bits per heavy atom. The van der Waals surface area contributed by atoms with Crippen LogP contribution in [0.4, 0.5) is 4.79 Å². The molecule has 0 aromatic carbocycles. The lowest BCUT2D eigenvalue weighted by atomic mass is 9.93. The van der Waals surface area contributed by atoms with Gasteiger partial charge in [0.05, 0.1) is 0 Å². The molecule has 23 heavy (non-hydrogen) atoms. The lowest BCUT2D eigenvalue weighted by Crippen LogP contribution is -2.50. The molecule has 0 aromatic rings. The molecule has 2 amide bonds. The van der Waals surface area contributed by atoms with Crippen LogP contribution in [0.1, 0.15) is 52.9 Å². The normalized spacial score (nSPS) is 23.4. The highest BCUT2D eigenvalue weighted by atomic mass is 16.6. The quantitative estimate of drug-likeness (QED) is 0.831. The van der Waals surface area contributed by atoms with E-state index in [1.165, 1.54) is 0 Å². The third-order valence-electron chi connectivity index (χ3n) is 4.42. The molecule has 2 fully saturated rings. The lowest BCUT2D eigenvalue weighted by Gasteiger charge is -2.34. The van der Waals surface area contributed by atoms with Crippen LogP contribution in [0.5, 0.6) is 0 Å². The van der Waals surface area contributed by atoms with Crippen molar-refractivity contribution in [3.63, 3.8) is 0 Å². The first-order chi connectivity index (χ1) is 10.8. The number of piperidine rings is 2. The number of hydrogen-bond donors (Lipinski definition) is 2. The highest BCUT2D eigenvalue weighted by Crippen LogP contribution is 2.19. The number of nitrogens with zero attached hydrogens (tertiary/aromatic N) is 1. The van der Waals surface area contributed by atoms with E-state index in [-0.39, 0.29) is 11.9 Å². The van der Waals surface area contributed by atoms with Crippen LogP contribution < -0.4 is 10.6 Å². The third-order valence-corrected chi connectivity index (χ3v) is 4.42. The van der Waals surface area contributed by atoms with Gasteiger partial charge in [0.15, 0.2) is 0 Å². The highest BCUT2D eigenvalue weighted by molar-refractivity contribution is 5.76. The van der Waals surface area contributed by atoms with Gasteiger partial charge < -0.3 is 20.3 Å². The Kier molecular flexibility index (Phi) is 6.27. The molecule has 6 nitrogen and oxygen atoms in total. The van der Waals surface area contributed by atoms with Crippen molar-refractivity contribution in [2.45, 2.75) is 64.5 Å². The molecule has 6 heteroatoms. The zero-order valence-corrected chi connectivity index (χ0v) is 14.7. The average molecular weight is 325 g/mol. The van der Waals surface area contributed by atoms with Crippen LogP contribution in [-0.2, 0) is 9.53 Å². The predicted octanol–water partition coefficient (Wildman–Crippen LogP) is 1.89. The van der Waals surface area contributed by atoms with E-state index in [1.54, 1.807) is 0 Å². The van der Waals surface area contributed by atoms with Crippen LogP contribution in [0, 0.1) is 5.92 Å². The number of hydrogen-bond acceptors (Lipinski definition) is 4. The number of amides is 2. The smallest absolute Gasteiger partial charge is 0.407 e. The van der Waals surface area contributed by atoms with E-state index >= 15 is 0 Å². The van der Waals surface area contributed by atoms with E-state index < -0.39 is 11.7 Å². The Labute approximate surface area is 139 Å². The maximum absolute atomic E-state index is 12.5. The summed E-state index contributed by atoms with van der Waals surface area (Å²) < 4.78 is 5.30. The molecule has 0 spiro atoms. The first kappa shape index (κ1) is 18.0. The molecule has 0 aliphatic carbocycles. The second kappa shape index (κ2) is 7.99. The fraction of sp³-hybridized carbons (Fsp3) is 0.882. The van der Waals surface area contributed by atoms with Crippen molar-refractivity contribution in [1.82, 2.24) is 15.5 Å². The van der Waals surface area contributed by atoms with Crippen molar-refractivity contribution in [2.75, 3.05) is 26.2 Å². The van der Waals surface area contributed by atoms with E-state index in [2.05, 4.69) is 10.6 Å². The molecule has 0 bridgehead atoms. The van der Waals surface area contributed by atoms with Gasteiger partial charge in [-0.15, -0.1) is 0 Å². The van der Waals surface area contributed by atoms with Crippen molar-refractivity contribution >= 4 is 12.0 Å². The zero-order valence-electron chi connectivity index (χ0n) is 14.7. The predicted molar refractivity (Wildman–Crippen MR) is 89.2 cm³/mol. The Morgan fingerprint density at radius 2 is 1.91 bits per heavy atom. The zero-order chi connectivity index (χ0) is 16.9. The number of likely N-dealkylation sites (tertiary alicyclic amines) is 1. The summed E-state index contributed by atoms with van der Waals surface area (Å²) in [5, 5.41) is 6.23. The van der Waals surface area contributed by atoms with Crippen LogP contribution in [-0.4, -0.2) is 54.7 Å². The molecule has 2 heterocycles. The lowest BCUT2D eigenvalue weighted by molar-refractivity contribution is -0.133. The molecule has 1 atom stereocenters. The van der Waals surface area contributed by atoms with Gasteiger partial charge in [-0.05, 0) is 65.5 Å². The molecule has 132 valence electrons. The van der Waals surface area contributed by atoms with E-state index in [1.807, 2.05) is 25.7 Å². The summed E-state index contributed by atoms with van der Waals surface area (Å²) in [7, 11) is 0. The van der Waals surface area contributed by atoms with Gasteiger partial charge in [-0.2, -0.15) is 0 Å². The van der Waals surface area contributed by atoms with Crippen LogP contribution in [0.15, 0.2) is 0 Å². The number of rotatable bonds is 3. The highest BCUT2D eigenvalue weighted by Gasteiger charge is 2.28. The van der Waals surface area contributed by atoms with Gasteiger partial charge >= 0.3 is 6.09 Å². The fourth-order valence-electron chi connectivity index (χ4n) is 3.26. The van der Waals surface area contributed by atoms with Crippen LogP contribution in [0.2, 0.25) is 0 Å². The maximum atomic E-state index is 12.5. The first-order valence-electron chi connectivity index (χ1n) is 8.81. The van der Waals surface area contributed by atoms with Crippen LogP contribution in [0.25, 0.3) is 0 Å². The molecule has 0 aromatic heterocycles. The number of alkyl carbamates (subject to hydrolysis) is 1. The topological polar surface area (TPSA) is 70.7 Å². The number of ether oxygens (including phenoxy) is 1. The van der Waals surface area contributed by atoms with Gasteiger partial charge in [0, 0.05) is 25.6 Å². The minimum absolute atomic E-state index is 0.00410. The molecule has 2 aliphatic rings. The summed E-state index contributed by atoms with van der Waals surface area (Å²) in [5.74, 6) is 0.732.